The van der Waals surface area contributed by atoms with Crippen LogP contribution in [0.1, 0.15) is 29.9 Å². The van der Waals surface area contributed by atoms with E-state index >= 15 is 0 Å². The Morgan fingerprint density at radius 1 is 1.23 bits per heavy atom. The third-order valence-corrected chi connectivity index (χ3v) is 7.45. The Labute approximate surface area is 179 Å². The highest BCUT2D eigenvalue weighted by molar-refractivity contribution is 7.91. The maximum Gasteiger partial charge on any atom is 0.254 e. The zero-order valence-corrected chi connectivity index (χ0v) is 18.0. The van der Waals surface area contributed by atoms with Gasteiger partial charge in [-0.25, -0.2) is 12.8 Å². The number of hydrogen-bond acceptors (Lipinski definition) is 5. The van der Waals surface area contributed by atoms with Crippen LogP contribution in [0, 0.1) is 19.7 Å². The quantitative estimate of drug-likeness (QED) is 0.581. The molecule has 1 unspecified atom stereocenters. The summed E-state index contributed by atoms with van der Waals surface area (Å²) in [6.45, 7) is 4.19. The van der Waals surface area contributed by atoms with Gasteiger partial charge in [-0.1, -0.05) is 0 Å². The summed E-state index contributed by atoms with van der Waals surface area (Å²) < 4.78 is 53.0. The first-order valence-electron chi connectivity index (χ1n) is 9.94. The minimum Gasteiger partial charge on any atom is -0.467 e. The monoisotopic (exact) mass is 446 g/mol. The Kier molecular flexibility index (Phi) is 5.72. The summed E-state index contributed by atoms with van der Waals surface area (Å²) in [5, 5.41) is 2.79. The minimum atomic E-state index is -4.04. The molecule has 31 heavy (non-hydrogen) atoms. The molecule has 0 spiro atoms. The van der Waals surface area contributed by atoms with Gasteiger partial charge in [-0.15, -0.1) is 0 Å². The highest BCUT2D eigenvalue weighted by Gasteiger charge is 2.33. The van der Waals surface area contributed by atoms with Gasteiger partial charge < -0.3 is 19.0 Å². The van der Waals surface area contributed by atoms with Crippen molar-refractivity contribution in [1.29, 1.82) is 0 Å². The number of benzene rings is 1. The molecule has 1 N–H and O–H groups in total. The van der Waals surface area contributed by atoms with E-state index in [0.717, 1.165) is 18.6 Å². The summed E-state index contributed by atoms with van der Waals surface area (Å²) in [6, 6.07) is 8.14. The molecule has 1 amide bonds. The van der Waals surface area contributed by atoms with Gasteiger partial charge in [-0.05, 0) is 68.7 Å². The lowest BCUT2D eigenvalue weighted by molar-refractivity contribution is -0.124. The molecule has 3 aromatic rings. The van der Waals surface area contributed by atoms with Crippen LogP contribution in [-0.2, 0) is 25.9 Å². The van der Waals surface area contributed by atoms with Crippen molar-refractivity contribution >= 4 is 21.6 Å². The molecule has 9 heteroatoms. The van der Waals surface area contributed by atoms with Gasteiger partial charge in [0.2, 0.25) is 9.84 Å². The maximum absolute atomic E-state index is 13.5. The third kappa shape index (κ3) is 4.03. The molecule has 0 bridgehead atoms. The van der Waals surface area contributed by atoms with Crippen LogP contribution in [0.2, 0.25) is 0 Å². The largest absolute Gasteiger partial charge is 0.467 e. The van der Waals surface area contributed by atoms with E-state index in [1.165, 1.54) is 18.4 Å². The summed E-state index contributed by atoms with van der Waals surface area (Å²) in [7, 11) is -4.04. The molecule has 0 saturated carbocycles. The molecule has 4 rings (SSSR count). The van der Waals surface area contributed by atoms with Crippen LogP contribution in [0.3, 0.4) is 0 Å². The molecule has 2 aromatic heterocycles. The number of sulfone groups is 1. The Hall–Kier alpha value is -2.91. The van der Waals surface area contributed by atoms with Crippen LogP contribution in [0.15, 0.2) is 56.9 Å². The highest BCUT2D eigenvalue weighted by atomic mass is 32.2. The lowest BCUT2D eigenvalue weighted by Gasteiger charge is -2.16. The summed E-state index contributed by atoms with van der Waals surface area (Å²) in [5.74, 6) is -0.173. The first kappa shape index (κ1) is 21.3. The van der Waals surface area contributed by atoms with Crippen LogP contribution in [0.5, 0.6) is 0 Å². The predicted molar refractivity (Wildman–Crippen MR) is 111 cm³/mol. The second-order valence-electron chi connectivity index (χ2n) is 7.50. The van der Waals surface area contributed by atoms with E-state index in [9.17, 15) is 17.6 Å². The lowest BCUT2D eigenvalue weighted by Crippen LogP contribution is -2.29. The summed E-state index contributed by atoms with van der Waals surface area (Å²) in [6.07, 6.45) is 2.24. The number of rotatable bonds is 6. The third-order valence-electron chi connectivity index (χ3n) is 5.52. The molecule has 0 radical (unpaired) electrons. The number of aromatic nitrogens is 1. The Bertz CT molecular complexity index is 1190. The molecule has 3 heterocycles. The van der Waals surface area contributed by atoms with Gasteiger partial charge in [-0.3, -0.25) is 4.79 Å². The first-order valence-corrected chi connectivity index (χ1v) is 11.4. The van der Waals surface area contributed by atoms with Crippen LogP contribution < -0.4 is 5.32 Å². The number of hydrogen-bond donors (Lipinski definition) is 1. The number of halogens is 1. The van der Waals surface area contributed by atoms with E-state index < -0.39 is 27.7 Å². The zero-order chi connectivity index (χ0) is 22.2. The topological polar surface area (TPSA) is 90.5 Å². The lowest BCUT2D eigenvalue weighted by atomic mass is 10.2. The fraction of sp³-hybridized carbons (Fsp3) is 0.318. The van der Waals surface area contributed by atoms with Crippen molar-refractivity contribution in [3.63, 3.8) is 0 Å². The second kappa shape index (κ2) is 8.32. The molecule has 1 fully saturated rings. The number of carbonyl (C=O) groups excluding carboxylic acids is 1. The SMILES string of the molecule is Cc1c(S(=O)(=O)c2ccc(F)cc2)c(NC(=O)C2CCCO2)n(Cc2ccco2)c1C. The molecule has 164 valence electrons. The predicted octanol–water partition coefficient (Wildman–Crippen LogP) is 3.84. The molecule has 1 saturated heterocycles. The summed E-state index contributed by atoms with van der Waals surface area (Å²) >= 11 is 0. The van der Waals surface area contributed by atoms with Gasteiger partial charge in [0.05, 0.1) is 17.7 Å². The number of ether oxygens (including phenoxy) is 1. The van der Waals surface area contributed by atoms with Crippen molar-refractivity contribution in [3.05, 3.63) is 65.5 Å². The number of nitrogens with one attached hydrogen (secondary N) is 1. The van der Waals surface area contributed by atoms with Gasteiger partial charge >= 0.3 is 0 Å². The molecule has 1 aliphatic rings. The van der Waals surface area contributed by atoms with E-state index in [-0.39, 0.29) is 22.2 Å². The Morgan fingerprint density at radius 3 is 2.58 bits per heavy atom. The summed E-state index contributed by atoms with van der Waals surface area (Å²) in [5.41, 5.74) is 1.17. The molecular weight excluding hydrogens is 423 g/mol. The van der Waals surface area contributed by atoms with Crippen molar-refractivity contribution in [2.75, 3.05) is 11.9 Å². The van der Waals surface area contributed by atoms with E-state index in [4.69, 9.17) is 9.15 Å². The van der Waals surface area contributed by atoms with Crippen LogP contribution in [0.25, 0.3) is 0 Å². The van der Waals surface area contributed by atoms with Gasteiger partial charge in [0.15, 0.2) is 0 Å². The highest BCUT2D eigenvalue weighted by Crippen LogP contribution is 2.36. The van der Waals surface area contributed by atoms with Crippen molar-refractivity contribution in [2.24, 2.45) is 0 Å². The molecule has 1 atom stereocenters. The van der Waals surface area contributed by atoms with Crippen molar-refractivity contribution in [3.8, 4) is 0 Å². The zero-order valence-electron chi connectivity index (χ0n) is 17.2. The van der Waals surface area contributed by atoms with Crippen LogP contribution in [-0.4, -0.2) is 31.6 Å². The standard InChI is InChI=1S/C22H23FN2O5S/c1-14-15(2)25(13-17-5-3-11-29-17)21(24-22(26)19-6-4-12-30-19)20(14)31(27,28)18-9-7-16(23)8-10-18/h3,5,7-11,19H,4,6,12-13H2,1-2H3,(H,24,26). The van der Waals surface area contributed by atoms with Crippen molar-refractivity contribution in [1.82, 2.24) is 4.57 Å². The average molecular weight is 447 g/mol. The number of furan rings is 1. The Morgan fingerprint density at radius 2 is 1.97 bits per heavy atom. The number of anilines is 1. The van der Waals surface area contributed by atoms with E-state index in [0.29, 0.717) is 30.0 Å². The van der Waals surface area contributed by atoms with Gasteiger partial charge in [-0.2, -0.15) is 0 Å². The fourth-order valence-corrected chi connectivity index (χ4v) is 5.45. The van der Waals surface area contributed by atoms with Crippen molar-refractivity contribution in [2.45, 2.75) is 49.1 Å². The van der Waals surface area contributed by atoms with E-state index in [2.05, 4.69) is 5.32 Å². The summed E-state index contributed by atoms with van der Waals surface area (Å²) in [4.78, 5) is 12.8. The van der Waals surface area contributed by atoms with E-state index in [1.54, 1.807) is 30.5 Å². The molecule has 1 aliphatic heterocycles. The second-order valence-corrected chi connectivity index (χ2v) is 9.39. The van der Waals surface area contributed by atoms with Crippen LogP contribution in [0.4, 0.5) is 10.2 Å². The first-order chi connectivity index (χ1) is 14.8. The fourth-order valence-electron chi connectivity index (χ4n) is 3.76. The number of amides is 1. The number of nitrogens with zero attached hydrogens (tertiary/aromatic N) is 1. The average Bonchev–Trinajstić information content (AvgIpc) is 3.48. The minimum absolute atomic E-state index is 0.0190. The molecule has 7 nitrogen and oxygen atoms in total. The van der Waals surface area contributed by atoms with E-state index in [1.807, 2.05) is 0 Å². The van der Waals surface area contributed by atoms with Gasteiger partial charge in [0.1, 0.15) is 28.4 Å². The van der Waals surface area contributed by atoms with Crippen molar-refractivity contribution < 1.29 is 26.8 Å². The van der Waals surface area contributed by atoms with Gasteiger partial charge in [0.25, 0.3) is 5.91 Å². The maximum atomic E-state index is 13.5. The Balaban J connectivity index is 1.84. The normalized spacial score (nSPS) is 16.5. The molecular formula is C22H23FN2O5S. The smallest absolute Gasteiger partial charge is 0.254 e. The number of carbonyl (C=O) groups is 1. The van der Waals surface area contributed by atoms with Gasteiger partial charge in [0, 0.05) is 12.3 Å². The van der Waals surface area contributed by atoms with Crippen LogP contribution >= 0.6 is 0 Å². The molecule has 1 aromatic carbocycles. The molecule has 0 aliphatic carbocycles.